The molecule has 2 heterocycles. The first-order valence-electron chi connectivity index (χ1n) is 6.46. The lowest BCUT2D eigenvalue weighted by molar-refractivity contribution is 0.450. The number of nitrogens with one attached hydrogen (secondary N) is 2. The molecule has 0 saturated heterocycles. The third-order valence-electron chi connectivity index (χ3n) is 3.40. The Balaban J connectivity index is 1.68. The van der Waals surface area contributed by atoms with E-state index in [-0.39, 0.29) is 12.0 Å². The van der Waals surface area contributed by atoms with Crippen molar-refractivity contribution in [2.75, 3.05) is 6.54 Å². The highest BCUT2D eigenvalue weighted by molar-refractivity contribution is 5.64. The molecule has 0 fully saturated rings. The number of allylic oxidation sites excluding steroid dienone is 1. The van der Waals surface area contributed by atoms with Crippen molar-refractivity contribution in [3.63, 3.8) is 0 Å². The molecule has 2 aliphatic heterocycles. The fourth-order valence-corrected chi connectivity index (χ4v) is 2.35. The van der Waals surface area contributed by atoms with E-state index in [0.29, 0.717) is 0 Å². The second-order valence-corrected chi connectivity index (χ2v) is 4.78. The lowest BCUT2D eigenvalue weighted by Crippen LogP contribution is -2.48. The number of halogens is 1. The molecule has 1 aromatic carbocycles. The second kappa shape index (κ2) is 5.36. The summed E-state index contributed by atoms with van der Waals surface area (Å²) in [7, 11) is 0. The van der Waals surface area contributed by atoms with Gasteiger partial charge in [0.05, 0.1) is 6.17 Å². The maximum atomic E-state index is 12.9. The van der Waals surface area contributed by atoms with Crippen LogP contribution < -0.4 is 10.6 Å². The highest BCUT2D eigenvalue weighted by Gasteiger charge is 2.18. The number of hydrogen-bond acceptors (Lipinski definition) is 3. The Labute approximate surface area is 111 Å². The van der Waals surface area contributed by atoms with Crippen LogP contribution in [0.1, 0.15) is 12.0 Å². The van der Waals surface area contributed by atoms with Gasteiger partial charge in [0.1, 0.15) is 5.82 Å². The maximum absolute atomic E-state index is 12.9. The SMILES string of the molecule is Fc1ccc(CC2NCC3=C(C=CN=CC3)N2)cc1. The van der Waals surface area contributed by atoms with E-state index in [1.165, 1.54) is 17.7 Å². The van der Waals surface area contributed by atoms with E-state index in [0.717, 1.165) is 30.6 Å². The molecular formula is C15H16FN3. The smallest absolute Gasteiger partial charge is 0.123 e. The van der Waals surface area contributed by atoms with Gasteiger partial charge in [-0.2, -0.15) is 0 Å². The summed E-state index contributed by atoms with van der Waals surface area (Å²) in [5.74, 6) is -0.192. The minimum Gasteiger partial charge on any atom is -0.369 e. The zero-order chi connectivity index (χ0) is 13.1. The molecule has 1 aromatic rings. The van der Waals surface area contributed by atoms with Crippen molar-refractivity contribution in [2.24, 2.45) is 4.99 Å². The molecule has 3 rings (SSSR count). The molecule has 0 spiro atoms. The number of hydrogen-bond donors (Lipinski definition) is 2. The minimum absolute atomic E-state index is 0.173. The van der Waals surface area contributed by atoms with Gasteiger partial charge >= 0.3 is 0 Å². The summed E-state index contributed by atoms with van der Waals surface area (Å²) < 4.78 is 12.9. The van der Waals surface area contributed by atoms with Gasteiger partial charge < -0.3 is 5.32 Å². The molecule has 3 nitrogen and oxygen atoms in total. The predicted octanol–water partition coefficient (Wildman–Crippen LogP) is 2.13. The van der Waals surface area contributed by atoms with Crippen LogP contribution in [0, 0.1) is 5.82 Å². The molecule has 2 N–H and O–H groups in total. The van der Waals surface area contributed by atoms with Gasteiger partial charge in [0.25, 0.3) is 0 Å². The van der Waals surface area contributed by atoms with Gasteiger partial charge in [-0.15, -0.1) is 0 Å². The van der Waals surface area contributed by atoms with E-state index >= 15 is 0 Å². The standard InChI is InChI=1S/C15H16FN3/c16-13-3-1-11(2-4-13)9-15-18-10-12-5-7-17-8-6-14(12)19-15/h1-4,6-8,15,18-19H,5,9-10H2. The molecule has 0 aliphatic carbocycles. The highest BCUT2D eigenvalue weighted by Crippen LogP contribution is 2.15. The number of aliphatic imine (C=N–C) groups is 1. The third kappa shape index (κ3) is 2.90. The van der Waals surface area contributed by atoms with Gasteiger partial charge in [0.15, 0.2) is 0 Å². The largest absolute Gasteiger partial charge is 0.369 e. The van der Waals surface area contributed by atoms with Crippen LogP contribution in [0.15, 0.2) is 52.8 Å². The Kier molecular flexibility index (Phi) is 3.42. The quantitative estimate of drug-likeness (QED) is 0.851. The Morgan fingerprint density at radius 2 is 2.11 bits per heavy atom. The van der Waals surface area contributed by atoms with Crippen molar-refractivity contribution < 1.29 is 4.39 Å². The fourth-order valence-electron chi connectivity index (χ4n) is 2.35. The number of rotatable bonds is 2. The Morgan fingerprint density at radius 1 is 1.26 bits per heavy atom. The average molecular weight is 257 g/mol. The summed E-state index contributed by atoms with van der Waals surface area (Å²) >= 11 is 0. The molecule has 2 aliphatic rings. The van der Waals surface area contributed by atoms with E-state index in [1.54, 1.807) is 0 Å². The minimum atomic E-state index is -0.192. The summed E-state index contributed by atoms with van der Waals surface area (Å²) in [6.45, 7) is 0.866. The van der Waals surface area contributed by atoms with Crippen LogP contribution in [0.4, 0.5) is 4.39 Å². The molecule has 0 saturated carbocycles. The van der Waals surface area contributed by atoms with E-state index in [2.05, 4.69) is 15.6 Å². The van der Waals surface area contributed by atoms with Crippen molar-refractivity contribution in [3.8, 4) is 0 Å². The first-order valence-corrected chi connectivity index (χ1v) is 6.46. The van der Waals surface area contributed by atoms with Crippen molar-refractivity contribution in [2.45, 2.75) is 19.0 Å². The lowest BCUT2D eigenvalue weighted by Gasteiger charge is -2.29. The van der Waals surface area contributed by atoms with Gasteiger partial charge in [-0.3, -0.25) is 10.3 Å². The van der Waals surface area contributed by atoms with Crippen LogP contribution in [-0.4, -0.2) is 18.9 Å². The van der Waals surface area contributed by atoms with Gasteiger partial charge in [-0.1, -0.05) is 12.1 Å². The molecule has 0 amide bonds. The molecule has 1 atom stereocenters. The molecule has 4 heteroatoms. The van der Waals surface area contributed by atoms with Crippen molar-refractivity contribution in [1.29, 1.82) is 0 Å². The third-order valence-corrected chi connectivity index (χ3v) is 3.40. The predicted molar refractivity (Wildman–Crippen MR) is 74.3 cm³/mol. The van der Waals surface area contributed by atoms with Crippen LogP contribution in [0.5, 0.6) is 0 Å². The van der Waals surface area contributed by atoms with Crippen LogP contribution >= 0.6 is 0 Å². The second-order valence-electron chi connectivity index (χ2n) is 4.78. The van der Waals surface area contributed by atoms with Crippen LogP contribution in [0.3, 0.4) is 0 Å². The monoisotopic (exact) mass is 257 g/mol. The zero-order valence-corrected chi connectivity index (χ0v) is 10.6. The highest BCUT2D eigenvalue weighted by atomic mass is 19.1. The van der Waals surface area contributed by atoms with Crippen molar-refractivity contribution in [1.82, 2.24) is 10.6 Å². The van der Waals surface area contributed by atoms with Crippen molar-refractivity contribution >= 4 is 6.21 Å². The topological polar surface area (TPSA) is 36.4 Å². The van der Waals surface area contributed by atoms with Crippen LogP contribution in [0.2, 0.25) is 0 Å². The Hall–Kier alpha value is -1.94. The van der Waals surface area contributed by atoms with Gasteiger partial charge in [-0.25, -0.2) is 4.39 Å². The summed E-state index contributed by atoms with van der Waals surface area (Å²) in [5.41, 5.74) is 3.60. The summed E-state index contributed by atoms with van der Waals surface area (Å²) in [6.07, 6.45) is 7.62. The molecule has 0 bridgehead atoms. The van der Waals surface area contributed by atoms with Gasteiger partial charge in [-0.05, 0) is 29.3 Å². The Bertz CT molecular complexity index is 543. The summed E-state index contributed by atoms with van der Waals surface area (Å²) in [4.78, 5) is 4.16. The normalized spacial score (nSPS) is 21.8. The van der Waals surface area contributed by atoms with E-state index in [4.69, 9.17) is 0 Å². The van der Waals surface area contributed by atoms with Crippen LogP contribution in [0.25, 0.3) is 0 Å². The lowest BCUT2D eigenvalue weighted by atomic mass is 10.0. The molecule has 0 radical (unpaired) electrons. The molecule has 19 heavy (non-hydrogen) atoms. The van der Waals surface area contributed by atoms with E-state index in [9.17, 15) is 4.39 Å². The van der Waals surface area contributed by atoms with Gasteiger partial charge in [0.2, 0.25) is 0 Å². The molecule has 98 valence electrons. The summed E-state index contributed by atoms with van der Waals surface area (Å²) in [6, 6.07) is 6.66. The maximum Gasteiger partial charge on any atom is 0.123 e. The molecular weight excluding hydrogens is 241 g/mol. The first-order chi connectivity index (χ1) is 9.31. The van der Waals surface area contributed by atoms with Gasteiger partial charge in [0, 0.05) is 37.5 Å². The fraction of sp³-hybridized carbons (Fsp3) is 0.267. The average Bonchev–Trinajstić information content (AvgIpc) is 2.66. The number of nitrogens with zero attached hydrogens (tertiary/aromatic N) is 1. The van der Waals surface area contributed by atoms with E-state index < -0.39 is 0 Å². The van der Waals surface area contributed by atoms with Crippen molar-refractivity contribution in [3.05, 3.63) is 59.2 Å². The zero-order valence-electron chi connectivity index (χ0n) is 10.6. The van der Waals surface area contributed by atoms with Crippen LogP contribution in [-0.2, 0) is 6.42 Å². The molecule has 1 unspecified atom stereocenters. The Morgan fingerprint density at radius 3 is 2.95 bits per heavy atom. The van der Waals surface area contributed by atoms with E-state index in [1.807, 2.05) is 30.6 Å². The first kappa shape index (κ1) is 12.1. The number of benzene rings is 1. The molecule has 0 aromatic heterocycles. The summed E-state index contributed by atoms with van der Waals surface area (Å²) in [5, 5.41) is 6.92.